The Bertz CT molecular complexity index is 602. The smallest absolute Gasteiger partial charge is 0.144 e. The zero-order valence-electron chi connectivity index (χ0n) is 10.8. The number of hydrogen-bond acceptors (Lipinski definition) is 1. The van der Waals surface area contributed by atoms with Gasteiger partial charge in [-0.25, -0.2) is 8.78 Å². The monoisotopic (exact) mass is 359 g/mol. The van der Waals surface area contributed by atoms with Crippen LogP contribution in [0.3, 0.4) is 0 Å². The van der Waals surface area contributed by atoms with Crippen LogP contribution in [0.1, 0.15) is 24.1 Å². The van der Waals surface area contributed by atoms with Gasteiger partial charge in [-0.05, 0) is 52.7 Å². The van der Waals surface area contributed by atoms with E-state index in [-0.39, 0.29) is 22.6 Å². The molecule has 0 fully saturated rings. The lowest BCUT2D eigenvalue weighted by Crippen LogP contribution is -2.19. The molecule has 0 bridgehead atoms. The van der Waals surface area contributed by atoms with Crippen LogP contribution in [-0.4, -0.2) is 0 Å². The first-order valence-corrected chi connectivity index (χ1v) is 7.27. The van der Waals surface area contributed by atoms with Crippen LogP contribution in [0.4, 0.5) is 8.78 Å². The van der Waals surface area contributed by atoms with Gasteiger partial charge in [0.15, 0.2) is 0 Å². The molecule has 106 valence electrons. The summed E-state index contributed by atoms with van der Waals surface area (Å²) in [6.45, 7) is 2.04. The first-order valence-electron chi connectivity index (χ1n) is 6.10. The lowest BCUT2D eigenvalue weighted by molar-refractivity contribution is 0.506. The number of benzene rings is 2. The molecular formula is C15H13BrClF2N. The number of halogens is 4. The van der Waals surface area contributed by atoms with Crippen LogP contribution in [0, 0.1) is 11.6 Å². The Morgan fingerprint density at radius 3 is 2.45 bits per heavy atom. The Morgan fingerprint density at radius 1 is 1.15 bits per heavy atom. The summed E-state index contributed by atoms with van der Waals surface area (Å²) >= 11 is 8.88. The second kappa shape index (κ2) is 6.66. The highest BCUT2D eigenvalue weighted by Gasteiger charge is 2.13. The predicted molar refractivity (Wildman–Crippen MR) is 80.8 cm³/mol. The lowest BCUT2D eigenvalue weighted by atomic mass is 10.1. The Balaban J connectivity index is 2.09. The Hall–Kier alpha value is -0.970. The van der Waals surface area contributed by atoms with Gasteiger partial charge in [0, 0.05) is 23.2 Å². The van der Waals surface area contributed by atoms with Crippen molar-refractivity contribution in [3.63, 3.8) is 0 Å². The van der Waals surface area contributed by atoms with Gasteiger partial charge in [-0.3, -0.25) is 0 Å². The molecular weight excluding hydrogens is 348 g/mol. The SMILES string of the molecule is C[C@H](NCc1c(F)ccc(Br)c1F)c1ccc(Cl)cc1. The summed E-state index contributed by atoms with van der Waals surface area (Å²) in [4.78, 5) is 0. The number of rotatable bonds is 4. The molecule has 1 atom stereocenters. The first-order chi connectivity index (χ1) is 9.49. The van der Waals surface area contributed by atoms with Gasteiger partial charge in [0.1, 0.15) is 11.6 Å². The standard InChI is InChI=1S/C15H13BrClF2N/c1-9(10-2-4-11(17)5-3-10)20-8-12-14(18)7-6-13(16)15(12)19/h2-7,9,20H,8H2,1H3/t9-/m0/s1. The van der Waals surface area contributed by atoms with E-state index in [1.165, 1.54) is 12.1 Å². The fourth-order valence-electron chi connectivity index (χ4n) is 1.86. The summed E-state index contributed by atoms with van der Waals surface area (Å²) in [5.74, 6) is -1.12. The number of hydrogen-bond donors (Lipinski definition) is 1. The van der Waals surface area contributed by atoms with Crippen molar-refractivity contribution in [3.05, 3.63) is 68.7 Å². The van der Waals surface area contributed by atoms with E-state index in [1.807, 2.05) is 19.1 Å². The minimum absolute atomic E-state index is 0.0280. The zero-order valence-corrected chi connectivity index (χ0v) is 13.1. The quantitative estimate of drug-likeness (QED) is 0.736. The second-order valence-corrected chi connectivity index (χ2v) is 5.77. The average molecular weight is 361 g/mol. The van der Waals surface area contributed by atoms with Gasteiger partial charge in [-0.15, -0.1) is 0 Å². The molecule has 0 amide bonds. The molecule has 0 aliphatic rings. The van der Waals surface area contributed by atoms with Crippen LogP contribution < -0.4 is 5.32 Å². The average Bonchev–Trinajstić information content (AvgIpc) is 2.43. The Morgan fingerprint density at radius 2 is 1.80 bits per heavy atom. The normalized spacial score (nSPS) is 12.4. The molecule has 2 aromatic carbocycles. The van der Waals surface area contributed by atoms with Crippen LogP contribution in [-0.2, 0) is 6.54 Å². The van der Waals surface area contributed by atoms with Gasteiger partial charge >= 0.3 is 0 Å². The van der Waals surface area contributed by atoms with E-state index in [1.54, 1.807) is 12.1 Å². The van der Waals surface area contributed by atoms with Crippen molar-refractivity contribution in [1.82, 2.24) is 5.32 Å². The van der Waals surface area contributed by atoms with Gasteiger partial charge in [0.25, 0.3) is 0 Å². The van der Waals surface area contributed by atoms with E-state index in [0.717, 1.165) is 5.56 Å². The van der Waals surface area contributed by atoms with Crippen molar-refractivity contribution in [1.29, 1.82) is 0 Å². The minimum Gasteiger partial charge on any atom is -0.306 e. The lowest BCUT2D eigenvalue weighted by Gasteiger charge is -2.15. The van der Waals surface area contributed by atoms with E-state index < -0.39 is 11.6 Å². The fourth-order valence-corrected chi connectivity index (χ4v) is 2.35. The zero-order chi connectivity index (χ0) is 14.7. The molecule has 0 saturated heterocycles. The van der Waals surface area contributed by atoms with Crippen molar-refractivity contribution in [2.75, 3.05) is 0 Å². The highest BCUT2D eigenvalue weighted by Crippen LogP contribution is 2.23. The fraction of sp³-hybridized carbons (Fsp3) is 0.200. The van der Waals surface area contributed by atoms with E-state index in [2.05, 4.69) is 21.2 Å². The van der Waals surface area contributed by atoms with Crippen LogP contribution in [0.5, 0.6) is 0 Å². The molecule has 2 rings (SSSR count). The van der Waals surface area contributed by atoms with Crippen LogP contribution in [0.2, 0.25) is 5.02 Å². The Labute approximate surface area is 130 Å². The molecule has 1 nitrogen and oxygen atoms in total. The van der Waals surface area contributed by atoms with E-state index in [4.69, 9.17) is 11.6 Å². The highest BCUT2D eigenvalue weighted by molar-refractivity contribution is 9.10. The van der Waals surface area contributed by atoms with Crippen molar-refractivity contribution >= 4 is 27.5 Å². The molecule has 0 heterocycles. The van der Waals surface area contributed by atoms with Gasteiger partial charge in [0.2, 0.25) is 0 Å². The van der Waals surface area contributed by atoms with Gasteiger partial charge in [-0.1, -0.05) is 23.7 Å². The first kappa shape index (κ1) is 15.4. The van der Waals surface area contributed by atoms with E-state index in [0.29, 0.717) is 5.02 Å². The molecule has 0 aromatic heterocycles. The molecule has 5 heteroatoms. The maximum atomic E-state index is 13.8. The van der Waals surface area contributed by atoms with Crippen molar-refractivity contribution in [3.8, 4) is 0 Å². The third-order valence-corrected chi connectivity index (χ3v) is 3.96. The van der Waals surface area contributed by atoms with Crippen LogP contribution in [0.25, 0.3) is 0 Å². The summed E-state index contributed by atoms with van der Waals surface area (Å²) < 4.78 is 27.7. The molecule has 0 aliphatic carbocycles. The predicted octanol–water partition coefficient (Wildman–Crippen LogP) is 5.23. The molecule has 2 aromatic rings. The maximum absolute atomic E-state index is 13.8. The molecule has 1 N–H and O–H groups in total. The van der Waals surface area contributed by atoms with E-state index in [9.17, 15) is 8.78 Å². The summed E-state index contributed by atoms with van der Waals surface area (Å²) in [5.41, 5.74) is 1.03. The summed E-state index contributed by atoms with van der Waals surface area (Å²) in [7, 11) is 0. The largest absolute Gasteiger partial charge is 0.306 e. The molecule has 0 unspecified atom stereocenters. The summed E-state index contributed by atoms with van der Waals surface area (Å²) in [6.07, 6.45) is 0. The maximum Gasteiger partial charge on any atom is 0.144 e. The Kier molecular flexibility index (Phi) is 5.13. The molecule has 0 saturated carbocycles. The van der Waals surface area contributed by atoms with Crippen molar-refractivity contribution in [2.45, 2.75) is 19.5 Å². The van der Waals surface area contributed by atoms with E-state index >= 15 is 0 Å². The second-order valence-electron chi connectivity index (χ2n) is 4.48. The van der Waals surface area contributed by atoms with Gasteiger partial charge in [0.05, 0.1) is 4.47 Å². The minimum atomic E-state index is -0.569. The van der Waals surface area contributed by atoms with Gasteiger partial charge in [-0.2, -0.15) is 0 Å². The van der Waals surface area contributed by atoms with Gasteiger partial charge < -0.3 is 5.32 Å². The summed E-state index contributed by atoms with van der Waals surface area (Å²) in [6, 6.07) is 9.91. The third-order valence-electron chi connectivity index (χ3n) is 3.09. The van der Waals surface area contributed by atoms with Crippen LogP contribution in [0.15, 0.2) is 40.9 Å². The third kappa shape index (κ3) is 3.57. The number of nitrogens with one attached hydrogen (secondary N) is 1. The molecule has 20 heavy (non-hydrogen) atoms. The highest BCUT2D eigenvalue weighted by atomic mass is 79.9. The molecule has 0 radical (unpaired) electrons. The summed E-state index contributed by atoms with van der Waals surface area (Å²) in [5, 5.41) is 3.76. The van der Waals surface area contributed by atoms with Crippen LogP contribution >= 0.6 is 27.5 Å². The van der Waals surface area contributed by atoms with Crippen molar-refractivity contribution in [2.24, 2.45) is 0 Å². The topological polar surface area (TPSA) is 12.0 Å². The molecule has 0 spiro atoms. The molecule has 0 aliphatic heterocycles. The van der Waals surface area contributed by atoms with Crippen molar-refractivity contribution < 1.29 is 8.78 Å².